The van der Waals surface area contributed by atoms with E-state index < -0.39 is 99.3 Å². The molecule has 15 heteroatoms. The number of ether oxygens (including phenoxy) is 6. The predicted molar refractivity (Wildman–Crippen MR) is 280 cm³/mol. The third kappa shape index (κ3) is 30.7. The summed E-state index contributed by atoms with van der Waals surface area (Å²) in [5.41, 5.74) is 0. The van der Waals surface area contributed by atoms with Crippen molar-refractivity contribution >= 4 is 11.9 Å². The Bertz CT molecular complexity index is 1440. The largest absolute Gasteiger partial charge is 0.462 e. The molecule has 0 radical (unpaired) electrons. The molecule has 2 rings (SSSR count). The molecule has 0 bridgehead atoms. The van der Waals surface area contributed by atoms with E-state index in [1.54, 1.807) is 0 Å². The minimum atomic E-state index is -1.77. The molecular weight excluding hydrogens is 925 g/mol. The predicted octanol–water partition coefficient (Wildman–Crippen LogP) is 9.05. The summed E-state index contributed by atoms with van der Waals surface area (Å²) in [6.07, 6.45) is 32.8. The lowest BCUT2D eigenvalue weighted by atomic mass is 9.98. The van der Waals surface area contributed by atoms with E-state index in [0.29, 0.717) is 12.8 Å². The second kappa shape index (κ2) is 43.7. The zero-order valence-corrected chi connectivity index (χ0v) is 44.4. The zero-order chi connectivity index (χ0) is 52.4. The Morgan fingerprint density at radius 3 is 1.38 bits per heavy atom. The van der Waals surface area contributed by atoms with Gasteiger partial charge in [0.05, 0.1) is 19.8 Å². The number of allylic oxidation sites excluding steroid dienone is 8. The first-order valence-corrected chi connectivity index (χ1v) is 28.2. The van der Waals surface area contributed by atoms with Crippen LogP contribution in [0, 0.1) is 0 Å². The van der Waals surface area contributed by atoms with Crippen LogP contribution < -0.4 is 0 Å². The monoisotopic (exact) mass is 1020 g/mol. The van der Waals surface area contributed by atoms with Crippen LogP contribution in [-0.2, 0) is 38.0 Å². The van der Waals surface area contributed by atoms with E-state index in [4.69, 9.17) is 28.4 Å². The molecular formula is C57H100O15. The van der Waals surface area contributed by atoms with Gasteiger partial charge in [0.25, 0.3) is 0 Å². The fourth-order valence-corrected chi connectivity index (χ4v) is 8.63. The SMILES string of the molecule is CCCCC/C=C/C/C=C/C/C=C/CCCCC(=O)OC[C@H](CO[C@H]1O[C@@H](CO[C@H]2O[C@@H](CO)[C@@H](O)C(O)C2O)[C@@H](O)C(O)C1O)OC(=O)CCCCCCCCCCCCC/C=C/CCCCCCCC. The smallest absolute Gasteiger partial charge is 0.306 e. The number of unbranched alkanes of at least 4 members (excludes halogenated alkanes) is 22. The summed E-state index contributed by atoms with van der Waals surface area (Å²) < 4.78 is 33.6. The van der Waals surface area contributed by atoms with E-state index >= 15 is 0 Å². The molecule has 2 saturated heterocycles. The Kier molecular flexibility index (Phi) is 39.8. The second-order valence-electron chi connectivity index (χ2n) is 19.8. The van der Waals surface area contributed by atoms with Crippen LogP contribution in [0.3, 0.4) is 0 Å². The highest BCUT2D eigenvalue weighted by atomic mass is 16.7. The van der Waals surface area contributed by atoms with Crippen molar-refractivity contribution in [2.24, 2.45) is 0 Å². The van der Waals surface area contributed by atoms with E-state index in [2.05, 4.69) is 62.5 Å². The third-order valence-electron chi connectivity index (χ3n) is 13.3. The molecule has 2 aliphatic rings. The summed E-state index contributed by atoms with van der Waals surface area (Å²) in [7, 11) is 0. The first-order valence-electron chi connectivity index (χ1n) is 28.2. The van der Waals surface area contributed by atoms with Gasteiger partial charge in [0, 0.05) is 12.8 Å². The highest BCUT2D eigenvalue weighted by Crippen LogP contribution is 2.26. The molecule has 0 aromatic carbocycles. The molecule has 0 amide bonds. The van der Waals surface area contributed by atoms with E-state index in [0.717, 1.165) is 51.4 Å². The van der Waals surface area contributed by atoms with Crippen LogP contribution in [0.25, 0.3) is 0 Å². The van der Waals surface area contributed by atoms with Crippen molar-refractivity contribution in [3.8, 4) is 0 Å². The average molecular weight is 1030 g/mol. The van der Waals surface area contributed by atoms with Gasteiger partial charge in [-0.15, -0.1) is 0 Å². The van der Waals surface area contributed by atoms with Crippen LogP contribution in [0.4, 0.5) is 0 Å². The van der Waals surface area contributed by atoms with Crippen molar-refractivity contribution in [1.82, 2.24) is 0 Å². The number of hydrogen-bond acceptors (Lipinski definition) is 15. The minimum absolute atomic E-state index is 0.156. The molecule has 2 fully saturated rings. The van der Waals surface area contributed by atoms with Crippen LogP contribution in [0.1, 0.15) is 206 Å². The van der Waals surface area contributed by atoms with Crippen LogP contribution in [0.2, 0.25) is 0 Å². The highest BCUT2D eigenvalue weighted by Gasteiger charge is 2.47. The van der Waals surface area contributed by atoms with E-state index in [1.165, 1.54) is 116 Å². The van der Waals surface area contributed by atoms with Crippen molar-refractivity contribution < 1.29 is 73.8 Å². The Morgan fingerprint density at radius 1 is 0.444 bits per heavy atom. The lowest BCUT2D eigenvalue weighted by molar-refractivity contribution is -0.332. The van der Waals surface area contributed by atoms with Crippen molar-refractivity contribution in [2.45, 2.75) is 274 Å². The van der Waals surface area contributed by atoms with Gasteiger partial charge in [0.2, 0.25) is 0 Å². The van der Waals surface area contributed by atoms with Gasteiger partial charge in [-0.2, -0.15) is 0 Å². The summed E-state index contributed by atoms with van der Waals surface area (Å²) in [5, 5.41) is 72.2. The van der Waals surface area contributed by atoms with Crippen LogP contribution in [0.5, 0.6) is 0 Å². The van der Waals surface area contributed by atoms with Crippen molar-refractivity contribution in [2.75, 3.05) is 26.4 Å². The molecule has 7 N–H and O–H groups in total. The molecule has 15 nitrogen and oxygen atoms in total. The Balaban J connectivity index is 1.77. The van der Waals surface area contributed by atoms with Gasteiger partial charge in [0.1, 0.15) is 55.4 Å². The summed E-state index contributed by atoms with van der Waals surface area (Å²) in [6, 6.07) is 0. The molecule has 72 heavy (non-hydrogen) atoms. The minimum Gasteiger partial charge on any atom is -0.462 e. The maximum absolute atomic E-state index is 13.1. The maximum Gasteiger partial charge on any atom is 0.306 e. The van der Waals surface area contributed by atoms with Crippen molar-refractivity contribution in [3.63, 3.8) is 0 Å². The van der Waals surface area contributed by atoms with Gasteiger partial charge in [-0.05, 0) is 77.0 Å². The first kappa shape index (κ1) is 65.6. The Labute approximate surface area is 433 Å². The molecule has 418 valence electrons. The van der Waals surface area contributed by atoms with Crippen molar-refractivity contribution in [1.29, 1.82) is 0 Å². The van der Waals surface area contributed by atoms with Gasteiger partial charge < -0.3 is 64.2 Å². The Hall–Kier alpha value is -2.54. The molecule has 0 aromatic rings. The highest BCUT2D eigenvalue weighted by molar-refractivity contribution is 5.70. The topological polar surface area (TPSA) is 231 Å². The molecule has 0 aliphatic carbocycles. The van der Waals surface area contributed by atoms with Crippen LogP contribution in [0.15, 0.2) is 48.6 Å². The quantitative estimate of drug-likeness (QED) is 0.0171. The number of esters is 2. The average Bonchev–Trinajstić information content (AvgIpc) is 3.37. The number of hydrogen-bond donors (Lipinski definition) is 7. The van der Waals surface area contributed by atoms with Gasteiger partial charge >= 0.3 is 11.9 Å². The lowest BCUT2D eigenvalue weighted by Crippen LogP contribution is -2.61. The summed E-state index contributed by atoms with van der Waals surface area (Å²) >= 11 is 0. The first-order chi connectivity index (χ1) is 35.0. The number of aliphatic hydroxyl groups excluding tert-OH is 7. The third-order valence-corrected chi connectivity index (χ3v) is 13.3. The van der Waals surface area contributed by atoms with E-state index in [-0.39, 0.29) is 19.4 Å². The standard InChI is InChI=1S/C57H100O15/c1-3-5-7-9-11-13-15-17-19-20-21-22-23-24-26-28-30-32-34-36-38-40-49(60)70-45(42-67-48(59)39-37-35-33-31-29-27-25-18-16-14-12-10-8-6-4-2)43-68-56-55(66)53(64)51(62)47(72-56)44-69-57-54(65)52(63)50(61)46(41-58)71-57/h12,14,17-19,25,29,31,45-47,50-58,61-66H,3-11,13,15-16,20-24,26-28,30,32-44H2,1-2H3/b14-12+,19-17+,25-18+,31-29+/t45-,46+,47+,50-,51-,52?,53?,54?,55?,56+,57+/m1/s1. The Morgan fingerprint density at radius 2 is 0.833 bits per heavy atom. The number of aliphatic hydroxyl groups is 7. The van der Waals surface area contributed by atoms with Crippen LogP contribution in [-0.4, -0.2) is 142 Å². The summed E-state index contributed by atoms with van der Waals surface area (Å²) in [4.78, 5) is 25.8. The van der Waals surface area contributed by atoms with Crippen LogP contribution >= 0.6 is 0 Å². The number of rotatable bonds is 44. The molecule has 0 aromatic heterocycles. The molecule has 4 unspecified atom stereocenters. The van der Waals surface area contributed by atoms with Gasteiger partial charge in [-0.25, -0.2) is 0 Å². The fourth-order valence-electron chi connectivity index (χ4n) is 8.63. The van der Waals surface area contributed by atoms with Gasteiger partial charge in [-0.3, -0.25) is 9.59 Å². The number of carbonyl (C=O) groups is 2. The second-order valence-corrected chi connectivity index (χ2v) is 19.8. The molecule has 0 saturated carbocycles. The molecule has 2 aliphatic heterocycles. The summed E-state index contributed by atoms with van der Waals surface area (Å²) in [5.74, 6) is -0.967. The van der Waals surface area contributed by atoms with Gasteiger partial charge in [0.15, 0.2) is 18.7 Å². The normalized spacial score (nSPS) is 25.3. The van der Waals surface area contributed by atoms with E-state index in [1.807, 2.05) is 0 Å². The molecule has 11 atom stereocenters. The number of carbonyl (C=O) groups excluding carboxylic acids is 2. The van der Waals surface area contributed by atoms with E-state index in [9.17, 15) is 45.3 Å². The molecule has 0 spiro atoms. The van der Waals surface area contributed by atoms with Crippen molar-refractivity contribution in [3.05, 3.63) is 48.6 Å². The summed E-state index contributed by atoms with van der Waals surface area (Å²) in [6.45, 7) is 2.53. The lowest BCUT2D eigenvalue weighted by Gasteiger charge is -2.42. The maximum atomic E-state index is 13.1. The zero-order valence-electron chi connectivity index (χ0n) is 44.4. The fraction of sp³-hybridized carbons (Fsp3) is 0.825. The molecule has 2 heterocycles. The van der Waals surface area contributed by atoms with Gasteiger partial charge in [-0.1, -0.05) is 165 Å².